The van der Waals surface area contributed by atoms with Crippen molar-refractivity contribution < 1.29 is 4.74 Å². The van der Waals surface area contributed by atoms with E-state index in [-0.39, 0.29) is 17.2 Å². The molecule has 34 heavy (non-hydrogen) atoms. The van der Waals surface area contributed by atoms with Gasteiger partial charge in [0.2, 0.25) is 0 Å². The van der Waals surface area contributed by atoms with Crippen molar-refractivity contribution in [3.63, 3.8) is 0 Å². The Morgan fingerprint density at radius 3 is 2.88 bits per heavy atom. The fourth-order valence-corrected chi connectivity index (χ4v) is 3.69. The summed E-state index contributed by atoms with van der Waals surface area (Å²) in [5, 5.41) is 25.4. The topological polar surface area (TPSA) is 129 Å². The van der Waals surface area contributed by atoms with E-state index in [9.17, 15) is 10.1 Å². The smallest absolute Gasteiger partial charge is 0.268 e. The van der Waals surface area contributed by atoms with E-state index in [2.05, 4.69) is 20.5 Å². The molecule has 0 amide bonds. The summed E-state index contributed by atoms with van der Waals surface area (Å²) in [5.74, 6) is 0.684. The zero-order chi connectivity index (χ0) is 23.7. The first-order chi connectivity index (χ1) is 16.5. The molecule has 4 aromatic heterocycles. The van der Waals surface area contributed by atoms with Gasteiger partial charge in [0.1, 0.15) is 29.8 Å². The zero-order valence-corrected chi connectivity index (χ0v) is 18.4. The van der Waals surface area contributed by atoms with Gasteiger partial charge >= 0.3 is 0 Å². The fourth-order valence-electron chi connectivity index (χ4n) is 3.69. The van der Waals surface area contributed by atoms with Gasteiger partial charge in [-0.05, 0) is 47.7 Å². The molecule has 0 radical (unpaired) electrons. The number of benzene rings is 1. The molecule has 1 unspecified atom stereocenters. The zero-order valence-electron chi connectivity index (χ0n) is 18.4. The van der Waals surface area contributed by atoms with E-state index < -0.39 is 0 Å². The van der Waals surface area contributed by atoms with Crippen molar-refractivity contribution in [2.24, 2.45) is 7.05 Å². The maximum atomic E-state index is 12.4. The number of imidazole rings is 1. The lowest BCUT2D eigenvalue weighted by molar-refractivity contribution is 0.193. The molecule has 0 spiro atoms. The second-order valence-corrected chi connectivity index (χ2v) is 7.75. The van der Waals surface area contributed by atoms with E-state index in [1.165, 1.54) is 4.57 Å². The molecule has 1 atom stereocenters. The summed E-state index contributed by atoms with van der Waals surface area (Å²) in [6.45, 7) is 2.45. The van der Waals surface area contributed by atoms with Crippen LogP contribution in [-0.2, 0) is 13.6 Å². The van der Waals surface area contributed by atoms with Gasteiger partial charge in [0.05, 0.1) is 24.1 Å². The molecule has 0 fully saturated rings. The molecular formula is C23H19N9O2. The van der Waals surface area contributed by atoms with Crippen LogP contribution in [0.2, 0.25) is 0 Å². The summed E-state index contributed by atoms with van der Waals surface area (Å²) in [5.41, 5.74) is 2.86. The third kappa shape index (κ3) is 3.88. The van der Waals surface area contributed by atoms with Crippen LogP contribution in [0.15, 0.2) is 66.0 Å². The maximum Gasteiger partial charge on any atom is 0.268 e. The lowest BCUT2D eigenvalue weighted by atomic mass is 10.1. The number of aryl methyl sites for hydroxylation is 1. The van der Waals surface area contributed by atoms with Crippen LogP contribution < -0.4 is 10.3 Å². The number of hydrogen-bond donors (Lipinski definition) is 0. The largest absolute Gasteiger partial charge is 0.489 e. The number of hydrogen-bond acceptors (Lipinski definition) is 8. The molecule has 0 saturated carbocycles. The Labute approximate surface area is 193 Å². The number of nitriles is 1. The fraction of sp³-hybridized carbons (Fsp3) is 0.174. The number of pyridine rings is 1. The summed E-state index contributed by atoms with van der Waals surface area (Å²) in [6, 6.07) is 15.0. The molecule has 5 aromatic rings. The monoisotopic (exact) mass is 453 g/mol. The van der Waals surface area contributed by atoms with Crippen molar-refractivity contribution >= 4 is 5.65 Å². The first-order valence-electron chi connectivity index (χ1n) is 10.5. The van der Waals surface area contributed by atoms with Crippen molar-refractivity contribution in [1.29, 1.82) is 5.26 Å². The van der Waals surface area contributed by atoms with Gasteiger partial charge < -0.3 is 9.30 Å². The third-order valence-corrected chi connectivity index (χ3v) is 5.32. The highest BCUT2D eigenvalue weighted by molar-refractivity contribution is 5.70. The van der Waals surface area contributed by atoms with Crippen molar-refractivity contribution in [2.45, 2.75) is 19.6 Å². The van der Waals surface area contributed by atoms with E-state index in [0.717, 1.165) is 5.56 Å². The van der Waals surface area contributed by atoms with Gasteiger partial charge in [0, 0.05) is 24.4 Å². The molecular weight excluding hydrogens is 434 g/mol. The highest BCUT2D eigenvalue weighted by Crippen LogP contribution is 2.26. The lowest BCUT2D eigenvalue weighted by Gasteiger charge is -2.15. The molecule has 0 aliphatic carbocycles. The Morgan fingerprint density at radius 1 is 1.21 bits per heavy atom. The molecule has 0 saturated heterocycles. The molecule has 11 heteroatoms. The van der Waals surface area contributed by atoms with Crippen molar-refractivity contribution in [2.75, 3.05) is 0 Å². The molecule has 0 N–H and O–H groups in total. The van der Waals surface area contributed by atoms with Crippen molar-refractivity contribution in [3.8, 4) is 34.3 Å². The predicted octanol–water partition coefficient (Wildman–Crippen LogP) is 2.09. The maximum absolute atomic E-state index is 12.4. The molecule has 1 aromatic carbocycles. The minimum absolute atomic E-state index is 0.0472. The van der Waals surface area contributed by atoms with Crippen LogP contribution >= 0.6 is 0 Å². The standard InChI is InChI=1S/C23H19N9O2/c1-15(13-31-14-26-28-29-31)34-17-5-3-4-16(10-17)20-6-7-22-25-12-21(32(22)27-20)18-8-9-30(2)23(33)19(18)11-24/h3-10,12,14-15H,13H2,1-2H3. The number of fused-ring (bicyclic) bond motifs is 1. The minimum Gasteiger partial charge on any atom is -0.489 e. The van der Waals surface area contributed by atoms with Crippen LogP contribution in [0, 0.1) is 11.3 Å². The minimum atomic E-state index is -0.369. The Hall–Kier alpha value is -4.85. The number of tetrazole rings is 1. The van der Waals surface area contributed by atoms with Gasteiger partial charge in [-0.1, -0.05) is 12.1 Å². The first kappa shape index (κ1) is 21.0. The molecule has 11 nitrogen and oxygen atoms in total. The van der Waals surface area contributed by atoms with Crippen LogP contribution in [0.25, 0.3) is 28.2 Å². The highest BCUT2D eigenvalue weighted by atomic mass is 16.5. The van der Waals surface area contributed by atoms with Crippen LogP contribution in [0.3, 0.4) is 0 Å². The van der Waals surface area contributed by atoms with Crippen LogP contribution in [-0.4, -0.2) is 45.5 Å². The average molecular weight is 453 g/mol. The molecule has 0 aliphatic rings. The summed E-state index contributed by atoms with van der Waals surface area (Å²) in [6.07, 6.45) is 4.62. The van der Waals surface area contributed by atoms with Gasteiger partial charge in [-0.2, -0.15) is 10.4 Å². The van der Waals surface area contributed by atoms with E-state index in [4.69, 9.17) is 9.84 Å². The van der Waals surface area contributed by atoms with Crippen molar-refractivity contribution in [3.05, 3.63) is 77.1 Å². The Balaban J connectivity index is 1.49. The Morgan fingerprint density at radius 2 is 2.09 bits per heavy atom. The lowest BCUT2D eigenvalue weighted by Crippen LogP contribution is -2.20. The van der Waals surface area contributed by atoms with Gasteiger partial charge in [0.15, 0.2) is 5.65 Å². The van der Waals surface area contributed by atoms with E-state index in [0.29, 0.717) is 34.9 Å². The second-order valence-electron chi connectivity index (χ2n) is 7.75. The van der Waals surface area contributed by atoms with Gasteiger partial charge in [-0.15, -0.1) is 5.10 Å². The summed E-state index contributed by atoms with van der Waals surface area (Å²) in [7, 11) is 1.61. The van der Waals surface area contributed by atoms with Gasteiger partial charge in [0.25, 0.3) is 5.56 Å². The number of ether oxygens (including phenoxy) is 1. The molecule has 0 aliphatic heterocycles. The summed E-state index contributed by atoms with van der Waals surface area (Å²) in [4.78, 5) is 16.8. The normalized spacial score (nSPS) is 11.9. The molecule has 4 heterocycles. The SMILES string of the molecule is CC(Cn1cnnn1)Oc1cccc(-c2ccc3ncc(-c4ccn(C)c(=O)c4C#N)n3n2)c1. The van der Waals surface area contributed by atoms with Gasteiger partial charge in [-0.3, -0.25) is 4.79 Å². The predicted molar refractivity (Wildman–Crippen MR) is 122 cm³/mol. The molecule has 0 bridgehead atoms. The van der Waals surface area contributed by atoms with E-state index in [1.54, 1.807) is 41.0 Å². The number of nitrogens with zero attached hydrogens (tertiary/aromatic N) is 9. The summed E-state index contributed by atoms with van der Waals surface area (Å²) >= 11 is 0. The quantitative estimate of drug-likeness (QED) is 0.382. The number of rotatable bonds is 6. The Bertz CT molecular complexity index is 1580. The summed E-state index contributed by atoms with van der Waals surface area (Å²) < 4.78 is 10.7. The van der Waals surface area contributed by atoms with Gasteiger partial charge in [-0.25, -0.2) is 14.2 Å². The third-order valence-electron chi connectivity index (χ3n) is 5.32. The number of aromatic nitrogens is 8. The Kier molecular flexibility index (Phi) is 5.31. The van der Waals surface area contributed by atoms with E-state index >= 15 is 0 Å². The van der Waals surface area contributed by atoms with Crippen molar-refractivity contribution in [1.82, 2.24) is 39.4 Å². The van der Waals surface area contributed by atoms with E-state index in [1.807, 2.05) is 49.4 Å². The first-order valence-corrected chi connectivity index (χ1v) is 10.5. The molecule has 5 rings (SSSR count). The average Bonchev–Trinajstić information content (AvgIpc) is 3.50. The molecule has 168 valence electrons. The second kappa shape index (κ2) is 8.59. The highest BCUT2D eigenvalue weighted by Gasteiger charge is 2.16. The van der Waals surface area contributed by atoms with Crippen LogP contribution in [0.5, 0.6) is 5.75 Å². The van der Waals surface area contributed by atoms with Crippen LogP contribution in [0.1, 0.15) is 12.5 Å². The van der Waals surface area contributed by atoms with Crippen LogP contribution in [0.4, 0.5) is 0 Å².